The second-order valence-corrected chi connectivity index (χ2v) is 12.2. The molecule has 3 aromatic carbocycles. The number of aromatic nitrogens is 3. The van der Waals surface area contributed by atoms with Crippen LogP contribution >= 0.6 is 11.8 Å². The summed E-state index contributed by atoms with van der Waals surface area (Å²) >= 11 is 1.48. The van der Waals surface area contributed by atoms with E-state index in [0.717, 1.165) is 23.4 Å². The minimum absolute atomic E-state index is 0.241. The number of alkyl halides is 4. The zero-order chi connectivity index (χ0) is 33.7. The van der Waals surface area contributed by atoms with Crippen LogP contribution in [0.5, 0.6) is 11.5 Å². The van der Waals surface area contributed by atoms with E-state index >= 15 is 4.39 Å². The van der Waals surface area contributed by atoms with Crippen molar-refractivity contribution >= 4 is 28.6 Å². The topological polar surface area (TPSA) is 93.9 Å². The number of aliphatic imine (C=N–C) groups is 1. The first kappa shape index (κ1) is 33.8. The van der Waals surface area contributed by atoms with Crippen molar-refractivity contribution in [3.05, 3.63) is 84.2 Å². The number of carbonyl (C=O) groups is 1. The Bertz CT molecular complexity index is 1710. The first-order valence-electron chi connectivity index (χ1n) is 14.9. The first-order valence-corrected chi connectivity index (χ1v) is 15.9. The molecule has 0 aliphatic carbocycles. The van der Waals surface area contributed by atoms with Gasteiger partial charge in [-0.15, -0.1) is 18.3 Å². The molecule has 1 saturated heterocycles. The Hall–Kier alpha value is -4.59. The van der Waals surface area contributed by atoms with E-state index in [1.165, 1.54) is 47.0 Å². The summed E-state index contributed by atoms with van der Waals surface area (Å²) in [6.45, 7) is 6.48. The van der Waals surface area contributed by atoms with Gasteiger partial charge in [-0.05, 0) is 60.7 Å². The number of methoxy groups -OCH3 is 1. The lowest BCUT2D eigenvalue weighted by Gasteiger charge is -2.32. The number of ether oxygens (including phenoxy) is 2. The predicted octanol–water partition coefficient (Wildman–Crippen LogP) is 8.07. The molecule has 1 fully saturated rings. The van der Waals surface area contributed by atoms with Crippen molar-refractivity contribution in [1.29, 1.82) is 0 Å². The molecule has 1 N–H and O–H groups in total. The summed E-state index contributed by atoms with van der Waals surface area (Å²) in [5, 5.41) is 7.60. The summed E-state index contributed by atoms with van der Waals surface area (Å²) in [4.78, 5) is 23.6. The Morgan fingerprint density at radius 3 is 2.38 bits per heavy atom. The minimum atomic E-state index is -4.78. The van der Waals surface area contributed by atoms with E-state index in [-0.39, 0.29) is 11.7 Å². The third-order valence-corrected chi connectivity index (χ3v) is 8.50. The molecule has 14 heteroatoms. The van der Waals surface area contributed by atoms with Gasteiger partial charge in [0.2, 0.25) is 0 Å². The maximum Gasteiger partial charge on any atom is 0.573 e. The molecule has 1 aliphatic heterocycles. The Balaban J connectivity index is 1.24. The van der Waals surface area contributed by atoms with Gasteiger partial charge in [-0.3, -0.25) is 0 Å². The van der Waals surface area contributed by atoms with Crippen molar-refractivity contribution in [2.75, 3.05) is 24.3 Å². The fourth-order valence-electron chi connectivity index (χ4n) is 5.06. The molecule has 1 aromatic heterocycles. The van der Waals surface area contributed by atoms with Crippen molar-refractivity contribution in [1.82, 2.24) is 20.1 Å². The third kappa shape index (κ3) is 8.42. The van der Waals surface area contributed by atoms with E-state index in [0.29, 0.717) is 40.1 Å². The number of hydrogen-bond donors (Lipinski definition) is 1. The largest absolute Gasteiger partial charge is 0.573 e. The number of nitrogens with one attached hydrogen (secondary N) is 1. The lowest BCUT2D eigenvalue weighted by atomic mass is 10.00. The average Bonchev–Trinajstić information content (AvgIpc) is 3.54. The molecule has 1 aliphatic rings. The molecule has 47 heavy (non-hydrogen) atoms. The highest BCUT2D eigenvalue weighted by atomic mass is 32.2. The maximum atomic E-state index is 15.5. The SMILES string of the molecule is COc1ccc(C(C)C)c(N2CCCSC2=NC(=O)NC(C)C(F)c2ccc(-c3ncn(-c4ccc(OC(F)(F)F)cc4)n3)cc2)c1. The zero-order valence-corrected chi connectivity index (χ0v) is 27.0. The van der Waals surface area contributed by atoms with Crippen molar-refractivity contribution in [3.63, 3.8) is 0 Å². The number of amides is 2. The summed E-state index contributed by atoms with van der Waals surface area (Å²) in [5.74, 6) is 1.75. The van der Waals surface area contributed by atoms with Crippen LogP contribution in [0.25, 0.3) is 17.1 Å². The van der Waals surface area contributed by atoms with Crippen LogP contribution in [-0.4, -0.2) is 57.8 Å². The Kier molecular flexibility index (Phi) is 10.4. The molecule has 5 rings (SSSR count). The highest BCUT2D eigenvalue weighted by molar-refractivity contribution is 8.14. The van der Waals surface area contributed by atoms with Crippen LogP contribution in [0.4, 0.5) is 28.0 Å². The van der Waals surface area contributed by atoms with Gasteiger partial charge in [-0.1, -0.05) is 55.9 Å². The monoisotopic (exact) mass is 670 g/mol. The summed E-state index contributed by atoms with van der Waals surface area (Å²) in [6.07, 6.45) is -3.96. The highest BCUT2D eigenvalue weighted by Crippen LogP contribution is 2.35. The lowest BCUT2D eigenvalue weighted by molar-refractivity contribution is -0.274. The second kappa shape index (κ2) is 14.4. The molecule has 2 heterocycles. The van der Waals surface area contributed by atoms with Crippen molar-refractivity contribution < 1.29 is 31.8 Å². The first-order chi connectivity index (χ1) is 22.4. The van der Waals surface area contributed by atoms with Crippen molar-refractivity contribution in [2.45, 2.75) is 51.7 Å². The Morgan fingerprint density at radius 1 is 1.02 bits per heavy atom. The molecule has 2 atom stereocenters. The molecule has 0 radical (unpaired) electrons. The van der Waals surface area contributed by atoms with Crippen LogP contribution in [-0.2, 0) is 0 Å². The molecular formula is C33H34F4N6O3S. The average molecular weight is 671 g/mol. The normalized spacial score (nSPS) is 15.9. The van der Waals surface area contributed by atoms with E-state index in [4.69, 9.17) is 4.74 Å². The number of anilines is 1. The van der Waals surface area contributed by atoms with Crippen molar-refractivity contribution in [3.8, 4) is 28.6 Å². The number of nitrogens with zero attached hydrogens (tertiary/aromatic N) is 5. The molecule has 0 spiro atoms. The molecule has 9 nitrogen and oxygen atoms in total. The van der Waals surface area contributed by atoms with Gasteiger partial charge in [0, 0.05) is 29.6 Å². The second-order valence-electron chi connectivity index (χ2n) is 11.1. The molecule has 2 unspecified atom stereocenters. The number of hydrogen-bond acceptors (Lipinski definition) is 6. The fourth-order valence-corrected chi connectivity index (χ4v) is 6.01. The Morgan fingerprint density at radius 2 is 1.72 bits per heavy atom. The smallest absolute Gasteiger partial charge is 0.497 e. The van der Waals surface area contributed by atoms with E-state index < -0.39 is 24.6 Å². The summed E-state index contributed by atoms with van der Waals surface area (Å²) < 4.78 is 63.6. The predicted molar refractivity (Wildman–Crippen MR) is 174 cm³/mol. The van der Waals surface area contributed by atoms with Crippen LogP contribution in [0.2, 0.25) is 0 Å². The van der Waals surface area contributed by atoms with E-state index in [1.807, 2.05) is 23.1 Å². The fraction of sp³-hybridized carbons (Fsp3) is 0.333. The number of amidine groups is 1. The summed E-state index contributed by atoms with van der Waals surface area (Å²) in [7, 11) is 1.61. The number of rotatable bonds is 9. The van der Waals surface area contributed by atoms with E-state index in [2.05, 4.69) is 39.0 Å². The number of carbonyl (C=O) groups excluding carboxylic acids is 1. The van der Waals surface area contributed by atoms with Gasteiger partial charge in [-0.25, -0.2) is 18.9 Å². The minimum Gasteiger partial charge on any atom is -0.497 e. The van der Waals surface area contributed by atoms with Crippen LogP contribution < -0.4 is 19.7 Å². The van der Waals surface area contributed by atoms with Gasteiger partial charge in [0.25, 0.3) is 0 Å². The van der Waals surface area contributed by atoms with Crippen LogP contribution in [0.1, 0.15) is 50.4 Å². The quantitative estimate of drug-likeness (QED) is 0.180. The van der Waals surface area contributed by atoms with Crippen LogP contribution in [0, 0.1) is 0 Å². The third-order valence-electron chi connectivity index (χ3n) is 7.44. The maximum absolute atomic E-state index is 15.5. The van der Waals surface area contributed by atoms with Gasteiger partial charge in [0.05, 0.1) is 18.8 Å². The molecule has 248 valence electrons. The number of benzene rings is 3. The van der Waals surface area contributed by atoms with Gasteiger partial charge < -0.3 is 19.7 Å². The zero-order valence-electron chi connectivity index (χ0n) is 26.2. The van der Waals surface area contributed by atoms with Gasteiger partial charge in [-0.2, -0.15) is 4.99 Å². The van der Waals surface area contributed by atoms with Gasteiger partial charge in [0.15, 0.2) is 11.0 Å². The standard InChI is InChI=1S/C33H34F4N6O3S/c1-20(2)27-15-14-26(45-4)18-28(27)42-16-5-17-47-32(42)40-31(44)39-21(3)29(34)22-6-8-23(9-7-22)30-38-19-43(41-30)24-10-12-25(13-11-24)46-33(35,36)37/h6-15,18-21,29H,5,16-17H2,1-4H3,(H,39,44). The molecule has 2 amide bonds. The molecule has 0 saturated carbocycles. The van der Waals surface area contributed by atoms with E-state index in [9.17, 15) is 18.0 Å². The number of urea groups is 1. The summed E-state index contributed by atoms with van der Waals surface area (Å²) in [5.41, 5.74) is 3.47. The molecule has 0 bridgehead atoms. The summed E-state index contributed by atoms with van der Waals surface area (Å²) in [6, 6.07) is 16.1. The van der Waals surface area contributed by atoms with Gasteiger partial charge >= 0.3 is 12.4 Å². The number of thioether (sulfide) groups is 1. The van der Waals surface area contributed by atoms with Crippen molar-refractivity contribution in [2.24, 2.45) is 4.99 Å². The molecule has 4 aromatic rings. The van der Waals surface area contributed by atoms with Gasteiger partial charge in [0.1, 0.15) is 24.0 Å². The van der Waals surface area contributed by atoms with E-state index in [1.54, 1.807) is 38.3 Å². The molecular weight excluding hydrogens is 636 g/mol. The van der Waals surface area contributed by atoms with Crippen LogP contribution in [0.15, 0.2) is 78.0 Å². The highest BCUT2D eigenvalue weighted by Gasteiger charge is 2.31. The lowest BCUT2D eigenvalue weighted by Crippen LogP contribution is -2.38. The van der Waals surface area contributed by atoms with Crippen LogP contribution in [0.3, 0.4) is 0 Å². The Labute approximate surface area is 274 Å². The number of halogens is 4.